The maximum Gasteiger partial charge on any atom is 0.264 e. The van der Waals surface area contributed by atoms with Crippen LogP contribution in [-0.2, 0) is 10.0 Å². The topological polar surface area (TPSA) is 109 Å². The van der Waals surface area contributed by atoms with Gasteiger partial charge < -0.3 is 5.73 Å². The lowest BCUT2D eigenvalue weighted by atomic mass is 10.2. The number of halogens is 1. The molecule has 0 radical (unpaired) electrons. The number of aryl methyl sites for hydroxylation is 1. The van der Waals surface area contributed by atoms with Gasteiger partial charge in [0.2, 0.25) is 0 Å². The first-order valence-corrected chi connectivity index (χ1v) is 7.64. The lowest BCUT2D eigenvalue weighted by molar-refractivity contribution is 0.601. The van der Waals surface area contributed by atoms with Crippen LogP contribution < -0.4 is 10.5 Å². The number of pyridine rings is 1. The molecule has 1 aromatic heterocycles. The van der Waals surface area contributed by atoms with E-state index >= 15 is 0 Å². The highest BCUT2D eigenvalue weighted by Gasteiger charge is 2.19. The molecule has 21 heavy (non-hydrogen) atoms. The number of anilines is 2. The van der Waals surface area contributed by atoms with Gasteiger partial charge in [-0.3, -0.25) is 4.72 Å². The second kappa shape index (κ2) is 5.60. The van der Waals surface area contributed by atoms with Crippen molar-refractivity contribution < 1.29 is 8.42 Å². The number of rotatable bonds is 3. The molecule has 0 saturated carbocycles. The molecule has 108 valence electrons. The summed E-state index contributed by atoms with van der Waals surface area (Å²) in [6, 6.07) is 7.34. The standard InChI is InChI=1S/C13H11ClN4O2S/c1-8-4-13(17-7-11(8)16)18-21(19,20)12-3-2-9(6-15)5-10(12)14/h2-5,7H,16H2,1H3,(H,17,18). The van der Waals surface area contributed by atoms with Crippen LogP contribution in [0.25, 0.3) is 0 Å². The van der Waals surface area contributed by atoms with Gasteiger partial charge >= 0.3 is 0 Å². The summed E-state index contributed by atoms with van der Waals surface area (Å²) < 4.78 is 26.9. The number of aromatic nitrogens is 1. The van der Waals surface area contributed by atoms with E-state index in [2.05, 4.69) is 9.71 Å². The summed E-state index contributed by atoms with van der Waals surface area (Å²) in [7, 11) is -3.89. The monoisotopic (exact) mass is 322 g/mol. The molecule has 0 saturated heterocycles. The largest absolute Gasteiger partial charge is 0.397 e. The van der Waals surface area contributed by atoms with Gasteiger partial charge in [0, 0.05) is 0 Å². The number of nitrogens with one attached hydrogen (secondary N) is 1. The van der Waals surface area contributed by atoms with E-state index in [9.17, 15) is 8.42 Å². The van der Waals surface area contributed by atoms with Crippen molar-refractivity contribution in [3.8, 4) is 6.07 Å². The number of nitrogen functional groups attached to an aromatic ring is 1. The summed E-state index contributed by atoms with van der Waals surface area (Å²) in [6.45, 7) is 1.74. The number of nitriles is 1. The highest BCUT2D eigenvalue weighted by molar-refractivity contribution is 7.92. The van der Waals surface area contributed by atoms with Crippen molar-refractivity contribution in [1.29, 1.82) is 5.26 Å². The predicted octanol–water partition coefficient (Wildman–Crippen LogP) is 2.30. The van der Waals surface area contributed by atoms with E-state index in [4.69, 9.17) is 22.6 Å². The molecule has 0 fully saturated rings. The van der Waals surface area contributed by atoms with Gasteiger partial charge in [-0.2, -0.15) is 5.26 Å². The number of benzene rings is 1. The molecular formula is C13H11ClN4O2S. The Kier molecular flexibility index (Phi) is 4.02. The molecule has 0 spiro atoms. The molecule has 0 aliphatic carbocycles. The van der Waals surface area contributed by atoms with E-state index < -0.39 is 10.0 Å². The van der Waals surface area contributed by atoms with Crippen molar-refractivity contribution >= 4 is 33.1 Å². The normalized spacial score (nSPS) is 10.9. The zero-order valence-electron chi connectivity index (χ0n) is 11.0. The van der Waals surface area contributed by atoms with Gasteiger partial charge in [-0.05, 0) is 36.8 Å². The zero-order chi connectivity index (χ0) is 15.6. The van der Waals surface area contributed by atoms with Crippen molar-refractivity contribution in [3.63, 3.8) is 0 Å². The molecule has 2 rings (SSSR count). The Hall–Kier alpha value is -2.30. The first kappa shape index (κ1) is 15.1. The highest BCUT2D eigenvalue weighted by atomic mass is 35.5. The van der Waals surface area contributed by atoms with Crippen LogP contribution >= 0.6 is 11.6 Å². The van der Waals surface area contributed by atoms with Crippen LogP contribution in [0, 0.1) is 18.3 Å². The summed E-state index contributed by atoms with van der Waals surface area (Å²) in [5.74, 6) is 0.141. The Morgan fingerprint density at radius 3 is 2.67 bits per heavy atom. The predicted molar refractivity (Wildman–Crippen MR) is 80.4 cm³/mol. The van der Waals surface area contributed by atoms with Gasteiger partial charge in [0.25, 0.3) is 10.0 Å². The Labute approximate surface area is 127 Å². The molecule has 0 bridgehead atoms. The molecule has 3 N–H and O–H groups in total. The first-order valence-electron chi connectivity index (χ1n) is 5.78. The molecule has 0 unspecified atom stereocenters. The van der Waals surface area contributed by atoms with Crippen LogP contribution in [0.3, 0.4) is 0 Å². The van der Waals surface area contributed by atoms with Crippen LogP contribution in [0.5, 0.6) is 0 Å². The van der Waals surface area contributed by atoms with Crippen LogP contribution in [0.2, 0.25) is 5.02 Å². The number of sulfonamides is 1. The smallest absolute Gasteiger partial charge is 0.264 e. The van der Waals surface area contributed by atoms with Crippen molar-refractivity contribution in [1.82, 2.24) is 4.98 Å². The van der Waals surface area contributed by atoms with Gasteiger partial charge in [0.1, 0.15) is 10.7 Å². The summed E-state index contributed by atoms with van der Waals surface area (Å²) in [6.07, 6.45) is 1.37. The molecular weight excluding hydrogens is 312 g/mol. The third-order valence-electron chi connectivity index (χ3n) is 2.74. The van der Waals surface area contributed by atoms with Crippen molar-refractivity contribution in [3.05, 3.63) is 46.6 Å². The number of nitrogens with two attached hydrogens (primary N) is 1. The highest BCUT2D eigenvalue weighted by Crippen LogP contribution is 2.25. The molecule has 8 heteroatoms. The van der Waals surface area contributed by atoms with Gasteiger partial charge in [0.05, 0.1) is 28.5 Å². The fourth-order valence-electron chi connectivity index (χ4n) is 1.60. The van der Waals surface area contributed by atoms with Gasteiger partial charge in [-0.15, -0.1) is 0 Å². The molecule has 0 aliphatic rings. The Balaban J connectivity index is 2.38. The van der Waals surface area contributed by atoms with Crippen LogP contribution in [-0.4, -0.2) is 13.4 Å². The van der Waals surface area contributed by atoms with Crippen molar-refractivity contribution in [2.75, 3.05) is 10.5 Å². The van der Waals surface area contributed by atoms with Gasteiger partial charge in [0.15, 0.2) is 0 Å². The Bertz CT molecular complexity index is 844. The molecule has 0 aliphatic heterocycles. The Morgan fingerprint density at radius 1 is 1.38 bits per heavy atom. The number of hydrogen-bond donors (Lipinski definition) is 2. The molecule has 2 aromatic rings. The van der Waals surface area contributed by atoms with Crippen molar-refractivity contribution in [2.45, 2.75) is 11.8 Å². The van der Waals surface area contributed by atoms with E-state index in [-0.39, 0.29) is 21.3 Å². The van der Waals surface area contributed by atoms with E-state index in [1.165, 1.54) is 30.5 Å². The van der Waals surface area contributed by atoms with Crippen LogP contribution in [0.1, 0.15) is 11.1 Å². The fraction of sp³-hybridized carbons (Fsp3) is 0.0769. The van der Waals surface area contributed by atoms with Gasteiger partial charge in [-0.25, -0.2) is 13.4 Å². The maximum atomic E-state index is 12.3. The molecule has 6 nitrogen and oxygen atoms in total. The summed E-state index contributed by atoms with van der Waals surface area (Å²) in [4.78, 5) is 3.78. The minimum Gasteiger partial charge on any atom is -0.397 e. The van der Waals surface area contributed by atoms with E-state index in [1.807, 2.05) is 6.07 Å². The van der Waals surface area contributed by atoms with Crippen LogP contribution in [0.4, 0.5) is 11.5 Å². The summed E-state index contributed by atoms with van der Waals surface area (Å²) in [5, 5.41) is 8.72. The molecule has 0 amide bonds. The second-order valence-electron chi connectivity index (χ2n) is 4.29. The lowest BCUT2D eigenvalue weighted by Gasteiger charge is -2.10. The van der Waals surface area contributed by atoms with E-state index in [0.29, 0.717) is 11.3 Å². The molecule has 1 heterocycles. The quantitative estimate of drug-likeness (QED) is 0.901. The average Bonchev–Trinajstić information content (AvgIpc) is 2.42. The fourth-order valence-corrected chi connectivity index (χ4v) is 3.15. The minimum absolute atomic E-state index is 0.0336. The van der Waals surface area contributed by atoms with Crippen molar-refractivity contribution in [2.24, 2.45) is 0 Å². The summed E-state index contributed by atoms with van der Waals surface area (Å²) in [5.41, 5.74) is 7.08. The number of hydrogen-bond acceptors (Lipinski definition) is 5. The molecule has 0 atom stereocenters. The van der Waals surface area contributed by atoms with E-state index in [0.717, 1.165) is 0 Å². The van der Waals surface area contributed by atoms with E-state index in [1.54, 1.807) is 6.92 Å². The lowest BCUT2D eigenvalue weighted by Crippen LogP contribution is -2.14. The first-order chi connectivity index (χ1) is 9.83. The average molecular weight is 323 g/mol. The minimum atomic E-state index is -3.89. The third-order valence-corrected chi connectivity index (χ3v) is 4.58. The number of nitrogens with zero attached hydrogens (tertiary/aromatic N) is 2. The SMILES string of the molecule is Cc1cc(NS(=O)(=O)c2ccc(C#N)cc2Cl)ncc1N. The van der Waals surface area contributed by atoms with Gasteiger partial charge in [-0.1, -0.05) is 11.6 Å². The van der Waals surface area contributed by atoms with Crippen LogP contribution in [0.15, 0.2) is 35.4 Å². The zero-order valence-corrected chi connectivity index (χ0v) is 12.5. The maximum absolute atomic E-state index is 12.3. The summed E-state index contributed by atoms with van der Waals surface area (Å²) >= 11 is 5.90. The molecule has 1 aromatic carbocycles. The Morgan fingerprint density at radius 2 is 2.10 bits per heavy atom. The third kappa shape index (κ3) is 3.24. The second-order valence-corrected chi connectivity index (χ2v) is 6.35.